The third-order valence-corrected chi connectivity index (χ3v) is 2.28. The van der Waals surface area contributed by atoms with Crippen LogP contribution in [0, 0.1) is 23.3 Å². The van der Waals surface area contributed by atoms with Gasteiger partial charge in [-0.1, -0.05) is 0 Å². The molecule has 0 unspecified atom stereocenters. The standard InChI is InChI=1S/C11H12F4N2O2/c12-6-5-7(13)10(15)11(9(6)14)19-4-2-1-3-8(18)17-16/h5H,1-4,16H2,(H,17,18). The number of nitrogens with two attached hydrogens (primary N) is 1. The van der Waals surface area contributed by atoms with Crippen LogP contribution < -0.4 is 16.0 Å². The van der Waals surface area contributed by atoms with Crippen molar-refractivity contribution < 1.29 is 27.1 Å². The first kappa shape index (κ1) is 15.2. The van der Waals surface area contributed by atoms with Gasteiger partial charge in [0, 0.05) is 12.5 Å². The Labute approximate surface area is 106 Å². The number of hydrogen-bond acceptors (Lipinski definition) is 3. The highest BCUT2D eigenvalue weighted by molar-refractivity contribution is 5.75. The zero-order chi connectivity index (χ0) is 14.4. The molecule has 0 aromatic heterocycles. The summed E-state index contributed by atoms with van der Waals surface area (Å²) in [5.74, 6) is -2.88. The van der Waals surface area contributed by atoms with Crippen molar-refractivity contribution in [1.82, 2.24) is 5.43 Å². The van der Waals surface area contributed by atoms with E-state index in [0.29, 0.717) is 6.42 Å². The molecule has 0 spiro atoms. The van der Waals surface area contributed by atoms with Gasteiger partial charge < -0.3 is 4.74 Å². The van der Waals surface area contributed by atoms with Crippen LogP contribution in [-0.2, 0) is 4.79 Å². The monoisotopic (exact) mass is 280 g/mol. The van der Waals surface area contributed by atoms with Gasteiger partial charge in [-0.05, 0) is 12.8 Å². The Kier molecular flexibility index (Phi) is 5.56. The first-order valence-electron chi connectivity index (χ1n) is 5.42. The normalized spacial score (nSPS) is 10.4. The molecule has 4 nitrogen and oxygen atoms in total. The van der Waals surface area contributed by atoms with Gasteiger partial charge in [-0.3, -0.25) is 10.2 Å². The summed E-state index contributed by atoms with van der Waals surface area (Å²) in [6.07, 6.45) is 0.733. The van der Waals surface area contributed by atoms with Crippen LogP contribution in [-0.4, -0.2) is 12.5 Å². The predicted octanol–water partition coefficient (Wildman–Crippen LogP) is 1.78. The van der Waals surface area contributed by atoms with E-state index in [9.17, 15) is 22.4 Å². The molecule has 1 aromatic rings. The van der Waals surface area contributed by atoms with Crippen molar-refractivity contribution in [2.24, 2.45) is 5.84 Å². The molecule has 106 valence electrons. The third kappa shape index (κ3) is 4.09. The van der Waals surface area contributed by atoms with E-state index in [1.54, 1.807) is 0 Å². The average molecular weight is 280 g/mol. The van der Waals surface area contributed by atoms with Gasteiger partial charge in [0.1, 0.15) is 0 Å². The molecule has 0 radical (unpaired) electrons. The molecular weight excluding hydrogens is 268 g/mol. The van der Waals surface area contributed by atoms with Crippen LogP contribution in [0.3, 0.4) is 0 Å². The maximum absolute atomic E-state index is 13.1. The second-order valence-electron chi connectivity index (χ2n) is 3.67. The van der Waals surface area contributed by atoms with E-state index >= 15 is 0 Å². The highest BCUT2D eigenvalue weighted by Gasteiger charge is 2.20. The molecule has 19 heavy (non-hydrogen) atoms. The highest BCUT2D eigenvalue weighted by atomic mass is 19.2. The van der Waals surface area contributed by atoms with Crippen LogP contribution in [0.25, 0.3) is 0 Å². The maximum Gasteiger partial charge on any atom is 0.233 e. The van der Waals surface area contributed by atoms with Crippen molar-refractivity contribution in [3.63, 3.8) is 0 Å². The van der Waals surface area contributed by atoms with E-state index in [1.165, 1.54) is 0 Å². The van der Waals surface area contributed by atoms with E-state index in [1.807, 2.05) is 5.43 Å². The van der Waals surface area contributed by atoms with Gasteiger partial charge in [0.15, 0.2) is 17.4 Å². The molecule has 0 aliphatic heterocycles. The summed E-state index contributed by atoms with van der Waals surface area (Å²) in [7, 11) is 0. The molecule has 0 aliphatic rings. The second-order valence-corrected chi connectivity index (χ2v) is 3.67. The average Bonchev–Trinajstić information content (AvgIpc) is 2.39. The van der Waals surface area contributed by atoms with Gasteiger partial charge in [0.2, 0.25) is 17.5 Å². The minimum atomic E-state index is -1.58. The highest BCUT2D eigenvalue weighted by Crippen LogP contribution is 2.26. The van der Waals surface area contributed by atoms with Crippen molar-refractivity contribution in [2.75, 3.05) is 6.61 Å². The van der Waals surface area contributed by atoms with E-state index < -0.39 is 34.9 Å². The summed E-state index contributed by atoms with van der Waals surface area (Å²) in [5.41, 5.74) is 1.91. The number of carbonyl (C=O) groups excluding carboxylic acids is 1. The van der Waals surface area contributed by atoms with Crippen molar-refractivity contribution in [3.05, 3.63) is 29.3 Å². The molecular formula is C11H12F4N2O2. The molecule has 0 fully saturated rings. The van der Waals surface area contributed by atoms with Crippen molar-refractivity contribution in [1.29, 1.82) is 0 Å². The third-order valence-electron chi connectivity index (χ3n) is 2.28. The lowest BCUT2D eigenvalue weighted by Crippen LogP contribution is -2.29. The Hall–Kier alpha value is -1.83. The maximum atomic E-state index is 13.1. The smallest absolute Gasteiger partial charge is 0.233 e. The number of ether oxygens (including phenoxy) is 1. The summed E-state index contributed by atoms with van der Waals surface area (Å²) >= 11 is 0. The second kappa shape index (κ2) is 6.93. The van der Waals surface area contributed by atoms with Crippen LogP contribution >= 0.6 is 0 Å². The van der Waals surface area contributed by atoms with Crippen molar-refractivity contribution in [3.8, 4) is 5.75 Å². The topological polar surface area (TPSA) is 64.3 Å². The number of amides is 1. The molecule has 1 rings (SSSR count). The SMILES string of the molecule is NNC(=O)CCCCOc1c(F)c(F)cc(F)c1F. The van der Waals surface area contributed by atoms with Crippen molar-refractivity contribution in [2.45, 2.75) is 19.3 Å². The lowest BCUT2D eigenvalue weighted by atomic mass is 10.2. The Morgan fingerprint density at radius 1 is 1.16 bits per heavy atom. The first-order valence-corrected chi connectivity index (χ1v) is 5.42. The summed E-state index contributed by atoms with van der Waals surface area (Å²) < 4.78 is 56.6. The van der Waals surface area contributed by atoms with Gasteiger partial charge in [0.05, 0.1) is 6.61 Å². The molecule has 8 heteroatoms. The number of hydrazine groups is 1. The van der Waals surface area contributed by atoms with Crippen LogP contribution in [0.4, 0.5) is 17.6 Å². The molecule has 3 N–H and O–H groups in total. The quantitative estimate of drug-likeness (QED) is 0.208. The van der Waals surface area contributed by atoms with Gasteiger partial charge >= 0.3 is 0 Å². The Balaban J connectivity index is 2.52. The Morgan fingerprint density at radius 3 is 2.26 bits per heavy atom. The summed E-state index contributed by atoms with van der Waals surface area (Å²) in [5, 5.41) is 0. The predicted molar refractivity (Wildman–Crippen MR) is 58.0 cm³/mol. The van der Waals surface area contributed by atoms with Gasteiger partial charge in [-0.2, -0.15) is 8.78 Å². The number of carbonyl (C=O) groups is 1. The van der Waals surface area contributed by atoms with E-state index in [4.69, 9.17) is 5.84 Å². The minimum Gasteiger partial charge on any atom is -0.487 e. The van der Waals surface area contributed by atoms with Gasteiger partial charge in [-0.15, -0.1) is 0 Å². The molecule has 0 saturated heterocycles. The number of rotatable bonds is 6. The van der Waals surface area contributed by atoms with Gasteiger partial charge in [-0.25, -0.2) is 14.6 Å². The molecule has 0 aliphatic carbocycles. The van der Waals surface area contributed by atoms with E-state index in [-0.39, 0.29) is 25.5 Å². The minimum absolute atomic E-state index is 0.100. The van der Waals surface area contributed by atoms with Gasteiger partial charge in [0.25, 0.3) is 0 Å². The molecule has 1 amide bonds. The van der Waals surface area contributed by atoms with Crippen LogP contribution in [0.5, 0.6) is 5.75 Å². The van der Waals surface area contributed by atoms with E-state index in [2.05, 4.69) is 4.74 Å². The zero-order valence-corrected chi connectivity index (χ0v) is 9.81. The molecule has 1 aromatic carbocycles. The van der Waals surface area contributed by atoms with E-state index in [0.717, 1.165) is 0 Å². The first-order chi connectivity index (χ1) is 8.97. The molecule has 0 atom stereocenters. The molecule has 0 heterocycles. The largest absolute Gasteiger partial charge is 0.487 e. The zero-order valence-electron chi connectivity index (χ0n) is 9.81. The lowest BCUT2D eigenvalue weighted by Gasteiger charge is -2.09. The lowest BCUT2D eigenvalue weighted by molar-refractivity contribution is -0.121. The van der Waals surface area contributed by atoms with Crippen molar-refractivity contribution >= 4 is 5.91 Å². The summed E-state index contributed by atoms with van der Waals surface area (Å²) in [6.45, 7) is -0.186. The Morgan fingerprint density at radius 2 is 1.74 bits per heavy atom. The summed E-state index contributed by atoms with van der Waals surface area (Å²) in [4.78, 5) is 10.7. The molecule has 0 saturated carbocycles. The van der Waals surface area contributed by atoms with Crippen LogP contribution in [0.15, 0.2) is 6.07 Å². The number of hydrogen-bond donors (Lipinski definition) is 2. The number of benzene rings is 1. The fraction of sp³-hybridized carbons (Fsp3) is 0.364. The fourth-order valence-corrected chi connectivity index (χ4v) is 1.31. The number of unbranched alkanes of at least 4 members (excludes halogenated alkanes) is 1. The number of halogens is 4. The summed E-state index contributed by atoms with van der Waals surface area (Å²) in [6, 6.07) is 0.100. The number of nitrogens with one attached hydrogen (secondary N) is 1. The molecule has 0 bridgehead atoms. The van der Waals surface area contributed by atoms with Crippen LogP contribution in [0.2, 0.25) is 0 Å². The Bertz CT molecular complexity index is 442. The fourth-order valence-electron chi connectivity index (χ4n) is 1.31. The van der Waals surface area contributed by atoms with Crippen LogP contribution in [0.1, 0.15) is 19.3 Å².